The molecule has 3 N–H and O–H groups in total. The summed E-state index contributed by atoms with van der Waals surface area (Å²) in [6, 6.07) is 10.2. The van der Waals surface area contributed by atoms with Gasteiger partial charge in [0, 0.05) is 45.0 Å². The van der Waals surface area contributed by atoms with Crippen molar-refractivity contribution in [3.63, 3.8) is 0 Å². The molecular weight excluding hydrogens is 476 g/mol. The number of nitrogens with zero attached hydrogens (tertiary/aromatic N) is 4. The molecule has 34 heavy (non-hydrogen) atoms. The summed E-state index contributed by atoms with van der Waals surface area (Å²) in [5, 5.41) is 3.22. The molecule has 1 unspecified atom stereocenters. The first-order valence-electron chi connectivity index (χ1n) is 10.8. The number of aromatic nitrogens is 2. The van der Waals surface area contributed by atoms with Crippen LogP contribution in [0.1, 0.15) is 28.8 Å². The highest BCUT2D eigenvalue weighted by Crippen LogP contribution is 2.25. The number of piperidine rings is 1. The molecule has 180 valence electrons. The SMILES string of the molecule is CN(C)S(=O)(=O)c1cc(NCc2ccc3nsnc3c2)cc(C(=O)N2CCCC(C(N)=O)C2)c1. The molecule has 3 aromatic rings. The van der Waals surface area contributed by atoms with Gasteiger partial charge in [0.1, 0.15) is 11.0 Å². The molecule has 1 aromatic heterocycles. The van der Waals surface area contributed by atoms with Crippen molar-refractivity contribution in [1.29, 1.82) is 0 Å². The predicted molar refractivity (Wildman–Crippen MR) is 130 cm³/mol. The van der Waals surface area contributed by atoms with Crippen LogP contribution in [-0.2, 0) is 21.4 Å². The number of hydrogen-bond acceptors (Lipinski definition) is 8. The van der Waals surface area contributed by atoms with Gasteiger partial charge in [-0.3, -0.25) is 9.59 Å². The molecule has 1 fully saturated rings. The number of carbonyl (C=O) groups excluding carboxylic acids is 2. The zero-order chi connectivity index (χ0) is 24.5. The Labute approximate surface area is 202 Å². The quantitative estimate of drug-likeness (QED) is 0.503. The van der Waals surface area contributed by atoms with Crippen molar-refractivity contribution in [3.05, 3.63) is 47.5 Å². The van der Waals surface area contributed by atoms with Crippen molar-refractivity contribution < 1.29 is 18.0 Å². The Morgan fingerprint density at radius 3 is 2.68 bits per heavy atom. The monoisotopic (exact) mass is 502 g/mol. The molecule has 0 saturated carbocycles. The fourth-order valence-electron chi connectivity index (χ4n) is 3.90. The number of likely N-dealkylation sites (tertiary alicyclic amines) is 1. The highest BCUT2D eigenvalue weighted by Gasteiger charge is 2.29. The number of sulfonamides is 1. The van der Waals surface area contributed by atoms with Crippen molar-refractivity contribution in [3.8, 4) is 0 Å². The van der Waals surface area contributed by atoms with Crippen LogP contribution in [0.15, 0.2) is 41.3 Å². The first-order valence-corrected chi connectivity index (χ1v) is 12.9. The van der Waals surface area contributed by atoms with Crippen molar-refractivity contribution in [2.75, 3.05) is 32.5 Å². The number of nitrogens with one attached hydrogen (secondary N) is 1. The van der Waals surface area contributed by atoms with Crippen LogP contribution >= 0.6 is 11.7 Å². The van der Waals surface area contributed by atoms with Gasteiger partial charge in [-0.2, -0.15) is 8.75 Å². The minimum Gasteiger partial charge on any atom is -0.381 e. The van der Waals surface area contributed by atoms with Crippen LogP contribution in [0.25, 0.3) is 11.0 Å². The maximum atomic E-state index is 13.3. The van der Waals surface area contributed by atoms with Crippen LogP contribution in [0.5, 0.6) is 0 Å². The van der Waals surface area contributed by atoms with Gasteiger partial charge in [-0.1, -0.05) is 6.07 Å². The number of nitrogens with two attached hydrogens (primary N) is 1. The van der Waals surface area contributed by atoms with Gasteiger partial charge in [0.15, 0.2) is 0 Å². The van der Waals surface area contributed by atoms with Crippen LogP contribution in [0.3, 0.4) is 0 Å². The average molecular weight is 503 g/mol. The molecule has 2 aromatic carbocycles. The Morgan fingerprint density at radius 1 is 1.18 bits per heavy atom. The van der Waals surface area contributed by atoms with Crippen LogP contribution in [0.2, 0.25) is 0 Å². The van der Waals surface area contributed by atoms with Gasteiger partial charge in [-0.05, 0) is 48.7 Å². The summed E-state index contributed by atoms with van der Waals surface area (Å²) < 4.78 is 35.3. The first kappa shape index (κ1) is 24.0. The van der Waals surface area contributed by atoms with E-state index in [-0.39, 0.29) is 22.9 Å². The molecule has 1 aliphatic heterocycles. The number of carbonyl (C=O) groups is 2. The Hall–Kier alpha value is -3.09. The molecule has 0 aliphatic carbocycles. The molecule has 12 heteroatoms. The maximum Gasteiger partial charge on any atom is 0.253 e. The summed E-state index contributed by atoms with van der Waals surface area (Å²) in [6.45, 7) is 1.11. The standard InChI is InChI=1S/C22H26N6O4S2/c1-27(2)34(31,32)18-10-16(22(30)28-7-3-4-15(13-28)21(23)29)9-17(11-18)24-12-14-5-6-19-20(8-14)26-33-25-19/h5-6,8-11,15,24H,3-4,7,12-13H2,1-2H3,(H2,23,29). The summed E-state index contributed by atoms with van der Waals surface area (Å²) >= 11 is 1.14. The van der Waals surface area contributed by atoms with Crippen LogP contribution < -0.4 is 11.1 Å². The summed E-state index contributed by atoms with van der Waals surface area (Å²) in [5.74, 6) is -1.17. The first-order chi connectivity index (χ1) is 16.1. The molecular formula is C22H26N6O4S2. The second-order valence-electron chi connectivity index (χ2n) is 8.47. The minimum atomic E-state index is -3.78. The molecule has 1 atom stereocenters. The van der Waals surface area contributed by atoms with Gasteiger partial charge in [0.2, 0.25) is 15.9 Å². The average Bonchev–Trinajstić information content (AvgIpc) is 3.30. The van der Waals surface area contributed by atoms with Crippen LogP contribution in [0.4, 0.5) is 5.69 Å². The van der Waals surface area contributed by atoms with Crippen LogP contribution in [-0.4, -0.2) is 65.4 Å². The summed E-state index contributed by atoms with van der Waals surface area (Å²) in [6.07, 6.45) is 1.30. The Balaban J connectivity index is 1.63. The third kappa shape index (κ3) is 5.03. The highest BCUT2D eigenvalue weighted by atomic mass is 32.2. The zero-order valence-electron chi connectivity index (χ0n) is 18.9. The van der Waals surface area contributed by atoms with E-state index in [9.17, 15) is 18.0 Å². The second-order valence-corrected chi connectivity index (χ2v) is 11.1. The predicted octanol–water partition coefficient (Wildman–Crippen LogP) is 1.89. The lowest BCUT2D eigenvalue weighted by Gasteiger charge is -2.31. The van der Waals surface area contributed by atoms with E-state index in [4.69, 9.17) is 5.73 Å². The van der Waals surface area contributed by atoms with Gasteiger partial charge in [-0.15, -0.1) is 0 Å². The van der Waals surface area contributed by atoms with Gasteiger partial charge in [-0.25, -0.2) is 12.7 Å². The number of rotatable bonds is 7. The fourth-order valence-corrected chi connectivity index (χ4v) is 5.39. The van der Waals surface area contributed by atoms with E-state index in [1.807, 2.05) is 18.2 Å². The van der Waals surface area contributed by atoms with Gasteiger partial charge < -0.3 is 16.0 Å². The number of primary amides is 1. The molecule has 0 spiro atoms. The largest absolute Gasteiger partial charge is 0.381 e. The number of benzene rings is 2. The maximum absolute atomic E-state index is 13.3. The Morgan fingerprint density at radius 2 is 1.94 bits per heavy atom. The lowest BCUT2D eigenvalue weighted by Crippen LogP contribution is -2.44. The van der Waals surface area contributed by atoms with Gasteiger partial charge in [0.25, 0.3) is 5.91 Å². The van der Waals surface area contributed by atoms with E-state index >= 15 is 0 Å². The Kier molecular flexibility index (Phi) is 6.82. The van der Waals surface area contributed by atoms with Crippen molar-refractivity contribution >= 4 is 50.3 Å². The normalized spacial score (nSPS) is 16.7. The summed E-state index contributed by atoms with van der Waals surface area (Å²) in [4.78, 5) is 26.5. The molecule has 2 heterocycles. The third-order valence-electron chi connectivity index (χ3n) is 5.86. The van der Waals surface area contributed by atoms with E-state index in [1.165, 1.54) is 26.2 Å². The smallest absolute Gasteiger partial charge is 0.253 e. The summed E-state index contributed by atoms with van der Waals surface area (Å²) in [5.41, 5.74) is 8.72. The van der Waals surface area contributed by atoms with Gasteiger partial charge >= 0.3 is 0 Å². The van der Waals surface area contributed by atoms with Crippen molar-refractivity contribution in [2.24, 2.45) is 11.7 Å². The van der Waals surface area contributed by atoms with Crippen molar-refractivity contribution in [1.82, 2.24) is 18.0 Å². The van der Waals surface area contributed by atoms with Crippen molar-refractivity contribution in [2.45, 2.75) is 24.3 Å². The molecule has 1 aliphatic rings. The van der Waals surface area contributed by atoms with E-state index in [1.54, 1.807) is 11.0 Å². The topological polar surface area (TPSA) is 139 Å². The van der Waals surface area contributed by atoms with Gasteiger partial charge in [0.05, 0.1) is 22.5 Å². The number of amides is 2. The molecule has 0 bridgehead atoms. The van der Waals surface area contributed by atoms with E-state index < -0.39 is 21.8 Å². The highest BCUT2D eigenvalue weighted by molar-refractivity contribution is 7.89. The van der Waals surface area contributed by atoms with E-state index in [2.05, 4.69) is 14.1 Å². The van der Waals surface area contributed by atoms with E-state index in [0.29, 0.717) is 31.6 Å². The molecule has 10 nitrogen and oxygen atoms in total. The zero-order valence-corrected chi connectivity index (χ0v) is 20.5. The molecule has 2 amide bonds. The third-order valence-corrected chi connectivity index (χ3v) is 8.21. The Bertz CT molecular complexity index is 1340. The summed E-state index contributed by atoms with van der Waals surface area (Å²) in [7, 11) is -0.902. The lowest BCUT2D eigenvalue weighted by molar-refractivity contribution is -0.123. The van der Waals surface area contributed by atoms with Crippen LogP contribution in [0, 0.1) is 5.92 Å². The van der Waals surface area contributed by atoms with E-state index in [0.717, 1.165) is 32.6 Å². The number of anilines is 1. The second kappa shape index (κ2) is 9.65. The number of fused-ring (bicyclic) bond motifs is 1. The molecule has 1 saturated heterocycles. The fraction of sp³-hybridized carbons (Fsp3) is 0.364. The number of hydrogen-bond donors (Lipinski definition) is 2. The minimum absolute atomic E-state index is 0.00784. The molecule has 4 rings (SSSR count). The molecule has 0 radical (unpaired) electrons. The lowest BCUT2D eigenvalue weighted by atomic mass is 9.97.